The van der Waals surface area contributed by atoms with E-state index in [1.165, 1.54) is 23.5 Å². The predicted octanol–water partition coefficient (Wildman–Crippen LogP) is 5.40. The van der Waals surface area contributed by atoms with E-state index in [-0.39, 0.29) is 6.61 Å². The molecule has 0 saturated carbocycles. The van der Waals surface area contributed by atoms with Crippen LogP contribution in [0.5, 0.6) is 11.5 Å². The van der Waals surface area contributed by atoms with Gasteiger partial charge in [0.15, 0.2) is 17.8 Å². The SMILES string of the molecule is CN.COc1ccc(-c2cc(C=O)c3ccccc3n2)cc1OC.OCCCc1c[nH]c2ccccc12. The van der Waals surface area contributed by atoms with E-state index in [0.717, 1.165) is 41.3 Å². The van der Waals surface area contributed by atoms with Gasteiger partial charge >= 0.3 is 0 Å². The molecule has 3 aromatic carbocycles. The van der Waals surface area contributed by atoms with Gasteiger partial charge in [0.05, 0.1) is 25.4 Å². The molecule has 0 bridgehead atoms. The Morgan fingerprint density at radius 1 is 0.919 bits per heavy atom. The van der Waals surface area contributed by atoms with Gasteiger partial charge in [-0.25, -0.2) is 4.98 Å². The van der Waals surface area contributed by atoms with Gasteiger partial charge in [0.2, 0.25) is 0 Å². The van der Waals surface area contributed by atoms with Crippen LogP contribution < -0.4 is 15.2 Å². The van der Waals surface area contributed by atoms with Crippen molar-refractivity contribution in [1.82, 2.24) is 9.97 Å². The number of fused-ring (bicyclic) bond motifs is 2. The van der Waals surface area contributed by atoms with Crippen LogP contribution >= 0.6 is 0 Å². The molecule has 0 atom stereocenters. The Morgan fingerprint density at radius 3 is 2.32 bits per heavy atom. The van der Waals surface area contributed by atoms with E-state index in [0.29, 0.717) is 17.1 Å². The number of carbonyl (C=O) groups is 1. The highest BCUT2D eigenvalue weighted by atomic mass is 16.5. The first-order valence-corrected chi connectivity index (χ1v) is 12.0. The fourth-order valence-electron chi connectivity index (χ4n) is 4.05. The molecule has 5 aromatic rings. The Balaban J connectivity index is 0.000000216. The third kappa shape index (κ3) is 6.52. The monoisotopic (exact) mass is 499 g/mol. The minimum Gasteiger partial charge on any atom is -0.493 e. The van der Waals surface area contributed by atoms with Gasteiger partial charge in [0, 0.05) is 40.2 Å². The number of aromatic nitrogens is 2. The second-order valence-electron chi connectivity index (χ2n) is 7.99. The molecular weight excluding hydrogens is 466 g/mol. The van der Waals surface area contributed by atoms with Crippen LogP contribution in [0.4, 0.5) is 0 Å². The molecule has 0 aliphatic heterocycles. The number of nitrogens with one attached hydrogen (secondary N) is 1. The molecule has 0 aliphatic rings. The number of hydrogen-bond donors (Lipinski definition) is 3. The maximum atomic E-state index is 11.4. The Bertz CT molecular complexity index is 1450. The maximum Gasteiger partial charge on any atom is 0.161 e. The van der Waals surface area contributed by atoms with Crippen molar-refractivity contribution in [2.75, 3.05) is 27.9 Å². The van der Waals surface area contributed by atoms with Gasteiger partial charge in [0.1, 0.15) is 0 Å². The molecule has 37 heavy (non-hydrogen) atoms. The molecule has 0 spiro atoms. The van der Waals surface area contributed by atoms with Crippen molar-refractivity contribution in [3.63, 3.8) is 0 Å². The smallest absolute Gasteiger partial charge is 0.161 e. The van der Waals surface area contributed by atoms with E-state index in [1.54, 1.807) is 20.3 Å². The number of nitrogens with zero attached hydrogens (tertiary/aromatic N) is 1. The number of benzene rings is 3. The summed E-state index contributed by atoms with van der Waals surface area (Å²) in [5, 5.41) is 10.8. The normalized spacial score (nSPS) is 10.2. The third-order valence-corrected chi connectivity index (χ3v) is 5.83. The van der Waals surface area contributed by atoms with Gasteiger partial charge in [-0.15, -0.1) is 0 Å². The first-order chi connectivity index (χ1) is 18.2. The van der Waals surface area contributed by atoms with Crippen LogP contribution in [-0.4, -0.2) is 49.2 Å². The van der Waals surface area contributed by atoms with Crippen LogP contribution in [0.2, 0.25) is 0 Å². The summed E-state index contributed by atoms with van der Waals surface area (Å²) in [6, 6.07) is 23.2. The van der Waals surface area contributed by atoms with E-state index in [2.05, 4.69) is 27.8 Å². The summed E-state index contributed by atoms with van der Waals surface area (Å²) in [5.41, 5.74) is 9.97. The Kier molecular flexibility index (Phi) is 10.2. The molecule has 0 aliphatic carbocycles. The Morgan fingerprint density at radius 2 is 1.62 bits per heavy atom. The zero-order chi connectivity index (χ0) is 26.6. The van der Waals surface area contributed by atoms with E-state index < -0.39 is 0 Å². The van der Waals surface area contributed by atoms with Crippen LogP contribution in [0, 0.1) is 0 Å². The molecule has 2 aromatic heterocycles. The quantitative estimate of drug-likeness (QED) is 0.259. The first-order valence-electron chi connectivity index (χ1n) is 12.0. The number of nitrogens with two attached hydrogens (primary N) is 1. The second kappa shape index (κ2) is 13.8. The van der Waals surface area contributed by atoms with E-state index in [9.17, 15) is 4.79 Å². The predicted molar refractivity (Wildman–Crippen MR) is 149 cm³/mol. The molecular formula is C30H33N3O4. The number of aliphatic hydroxyl groups excluding tert-OH is 1. The lowest BCUT2D eigenvalue weighted by Crippen LogP contribution is -1.94. The average molecular weight is 500 g/mol. The number of ether oxygens (including phenoxy) is 2. The van der Waals surface area contributed by atoms with Gasteiger partial charge in [-0.2, -0.15) is 0 Å². The van der Waals surface area contributed by atoms with Gasteiger partial charge < -0.3 is 25.3 Å². The summed E-state index contributed by atoms with van der Waals surface area (Å²) in [5.74, 6) is 1.28. The number of aldehydes is 1. The number of pyridine rings is 1. The zero-order valence-electron chi connectivity index (χ0n) is 21.4. The number of aromatic amines is 1. The van der Waals surface area contributed by atoms with Gasteiger partial charge in [-0.05, 0) is 61.9 Å². The summed E-state index contributed by atoms with van der Waals surface area (Å²) < 4.78 is 10.6. The van der Waals surface area contributed by atoms with Crippen LogP contribution in [0.15, 0.2) is 79.0 Å². The second-order valence-corrected chi connectivity index (χ2v) is 7.99. The number of aryl methyl sites for hydroxylation is 1. The van der Waals surface area contributed by atoms with Crippen molar-refractivity contribution in [2.24, 2.45) is 5.73 Å². The van der Waals surface area contributed by atoms with Crippen LogP contribution in [0.3, 0.4) is 0 Å². The van der Waals surface area contributed by atoms with Gasteiger partial charge in [-0.3, -0.25) is 4.79 Å². The summed E-state index contributed by atoms with van der Waals surface area (Å²) in [6.45, 7) is 0.263. The molecule has 0 amide bonds. The largest absolute Gasteiger partial charge is 0.493 e. The highest BCUT2D eigenvalue weighted by molar-refractivity contribution is 5.98. The van der Waals surface area contributed by atoms with Crippen molar-refractivity contribution in [1.29, 1.82) is 0 Å². The lowest BCUT2D eigenvalue weighted by molar-refractivity contribution is 0.112. The number of H-pyrrole nitrogens is 1. The summed E-state index contributed by atoms with van der Waals surface area (Å²) in [4.78, 5) is 19.2. The Labute approximate surface area is 216 Å². The lowest BCUT2D eigenvalue weighted by Gasteiger charge is -2.10. The van der Waals surface area contributed by atoms with Crippen LogP contribution in [0.1, 0.15) is 22.3 Å². The average Bonchev–Trinajstić information content (AvgIpc) is 3.39. The number of carbonyl (C=O) groups excluding carboxylic acids is 1. The third-order valence-electron chi connectivity index (χ3n) is 5.83. The minimum atomic E-state index is 0.263. The molecule has 4 N–H and O–H groups in total. The molecule has 7 nitrogen and oxygen atoms in total. The van der Waals surface area contributed by atoms with Crippen molar-refractivity contribution < 1.29 is 19.4 Å². The van der Waals surface area contributed by atoms with E-state index in [1.807, 2.05) is 60.8 Å². The molecule has 0 saturated heterocycles. The molecule has 192 valence electrons. The summed E-state index contributed by atoms with van der Waals surface area (Å²) >= 11 is 0. The van der Waals surface area contributed by atoms with Crippen molar-refractivity contribution in [3.8, 4) is 22.8 Å². The number of aliphatic hydroxyl groups is 1. The fourth-order valence-corrected chi connectivity index (χ4v) is 4.05. The molecule has 5 rings (SSSR count). The number of methoxy groups -OCH3 is 2. The van der Waals surface area contributed by atoms with E-state index >= 15 is 0 Å². The summed E-state index contributed by atoms with van der Waals surface area (Å²) in [6.07, 6.45) is 4.66. The first kappa shape index (κ1) is 27.4. The lowest BCUT2D eigenvalue weighted by atomic mass is 10.0. The molecule has 2 heterocycles. The minimum absolute atomic E-state index is 0.263. The standard InChI is InChI=1S/C18H15NO3.C11H13NO.CH5N/c1-21-17-8-7-12(10-18(17)22-2)16-9-13(11-20)14-5-3-4-6-15(14)19-16;13-7-3-4-9-8-12-11-6-2-1-5-10(9)11;1-2/h3-11H,1-2H3;1-2,5-6,8,12-13H,3-4,7H2;2H2,1H3. The fraction of sp³-hybridized carbons (Fsp3) is 0.200. The van der Waals surface area contributed by atoms with Crippen LogP contribution in [0.25, 0.3) is 33.1 Å². The van der Waals surface area contributed by atoms with Crippen molar-refractivity contribution in [3.05, 3.63) is 90.1 Å². The molecule has 0 radical (unpaired) electrons. The number of para-hydroxylation sites is 2. The van der Waals surface area contributed by atoms with E-state index in [4.69, 9.17) is 14.6 Å². The zero-order valence-corrected chi connectivity index (χ0v) is 21.4. The van der Waals surface area contributed by atoms with Gasteiger partial charge in [-0.1, -0.05) is 36.4 Å². The van der Waals surface area contributed by atoms with Gasteiger partial charge in [0.25, 0.3) is 0 Å². The Hall–Kier alpha value is -4.20. The van der Waals surface area contributed by atoms with Crippen molar-refractivity contribution in [2.45, 2.75) is 12.8 Å². The summed E-state index contributed by atoms with van der Waals surface area (Å²) in [7, 11) is 4.68. The number of rotatable bonds is 7. The molecule has 0 unspecified atom stereocenters. The van der Waals surface area contributed by atoms with Crippen LogP contribution in [-0.2, 0) is 6.42 Å². The molecule has 7 heteroatoms. The highest BCUT2D eigenvalue weighted by Gasteiger charge is 2.10. The maximum absolute atomic E-state index is 11.4. The molecule has 0 fully saturated rings. The van der Waals surface area contributed by atoms with Crippen molar-refractivity contribution >= 4 is 28.1 Å². The highest BCUT2D eigenvalue weighted by Crippen LogP contribution is 2.32. The topological polar surface area (TPSA) is 110 Å². The number of hydrogen-bond acceptors (Lipinski definition) is 6.